The average molecular weight is 507 g/mol. The van der Waals surface area contributed by atoms with E-state index < -0.39 is 23.7 Å². The summed E-state index contributed by atoms with van der Waals surface area (Å²) in [6, 6.07) is 9.81. The van der Waals surface area contributed by atoms with Gasteiger partial charge in [-0.1, -0.05) is 32.0 Å². The maximum atomic E-state index is 14.2. The van der Waals surface area contributed by atoms with E-state index in [0.29, 0.717) is 31.4 Å². The number of carbonyl (C=O) groups is 2. The normalized spacial score (nSPS) is 18.3. The molecule has 0 bridgehead atoms. The topological polar surface area (TPSA) is 78.9 Å². The number of carboxylic acids is 1. The molecular formula is C24H28BrFN2O4. The quantitative estimate of drug-likeness (QED) is 0.474. The fourth-order valence-electron chi connectivity index (χ4n) is 4.22. The zero-order valence-electron chi connectivity index (χ0n) is 18.4. The van der Waals surface area contributed by atoms with Crippen molar-refractivity contribution in [1.82, 2.24) is 0 Å². The number of para-hydroxylation sites is 1. The number of ether oxygens (including phenoxy) is 1. The molecule has 1 aliphatic carbocycles. The largest absolute Gasteiger partial charge is 0.495 e. The lowest BCUT2D eigenvalue weighted by molar-refractivity contribution is -0.142. The summed E-state index contributed by atoms with van der Waals surface area (Å²) in [5, 5.41) is 12.2. The molecule has 2 N–H and O–H groups in total. The average Bonchev–Trinajstić information content (AvgIpc) is 2.77. The predicted octanol–water partition coefficient (Wildman–Crippen LogP) is 6.40. The molecule has 0 aromatic heterocycles. The Morgan fingerprint density at radius 3 is 2.44 bits per heavy atom. The van der Waals surface area contributed by atoms with Crippen LogP contribution in [0.15, 0.2) is 40.9 Å². The molecule has 2 aromatic rings. The van der Waals surface area contributed by atoms with Crippen LogP contribution in [0.25, 0.3) is 0 Å². The lowest BCUT2D eigenvalue weighted by atomic mass is 9.85. The highest BCUT2D eigenvalue weighted by molar-refractivity contribution is 9.10. The van der Waals surface area contributed by atoms with Crippen LogP contribution in [0.3, 0.4) is 0 Å². The number of carbonyl (C=O) groups excluding carboxylic acids is 1. The van der Waals surface area contributed by atoms with Gasteiger partial charge in [-0.2, -0.15) is 0 Å². The Morgan fingerprint density at radius 1 is 1.19 bits per heavy atom. The third-order valence-corrected chi connectivity index (χ3v) is 6.54. The molecule has 1 saturated carbocycles. The number of hydrogen-bond donors (Lipinski definition) is 2. The van der Waals surface area contributed by atoms with Crippen molar-refractivity contribution < 1.29 is 23.8 Å². The highest BCUT2D eigenvalue weighted by atomic mass is 79.9. The van der Waals surface area contributed by atoms with Gasteiger partial charge in [0.25, 0.3) is 0 Å². The van der Waals surface area contributed by atoms with Crippen LogP contribution >= 0.6 is 15.9 Å². The molecule has 6 nitrogen and oxygen atoms in total. The summed E-state index contributed by atoms with van der Waals surface area (Å²) >= 11 is 3.13. The number of nitrogens with zero attached hydrogens (tertiary/aromatic N) is 1. The first kappa shape index (κ1) is 24.0. The molecule has 3 rings (SSSR count). The fourth-order valence-corrected chi connectivity index (χ4v) is 4.54. The summed E-state index contributed by atoms with van der Waals surface area (Å²) in [6.45, 7) is 4.12. The SMILES string of the molecule is COc1cc(Br)c(F)cc1NC(=O)N(c1ccccc1C(C)C)[C@H]1CC[C@H](C(=O)O)CC1. The molecule has 0 spiro atoms. The van der Waals surface area contributed by atoms with Crippen LogP contribution < -0.4 is 15.0 Å². The van der Waals surface area contributed by atoms with Gasteiger partial charge in [-0.05, 0) is 65.2 Å². The number of benzene rings is 2. The van der Waals surface area contributed by atoms with E-state index >= 15 is 0 Å². The van der Waals surface area contributed by atoms with E-state index in [0.717, 1.165) is 11.3 Å². The molecule has 0 heterocycles. The van der Waals surface area contributed by atoms with Gasteiger partial charge in [-0.3, -0.25) is 9.69 Å². The molecule has 2 amide bonds. The van der Waals surface area contributed by atoms with Crippen LogP contribution in [0, 0.1) is 11.7 Å². The second-order valence-electron chi connectivity index (χ2n) is 8.32. The number of halogens is 2. The van der Waals surface area contributed by atoms with Gasteiger partial charge in [-0.15, -0.1) is 0 Å². The Bertz CT molecular complexity index is 990. The molecule has 2 aromatic carbocycles. The van der Waals surface area contributed by atoms with Crippen molar-refractivity contribution in [2.24, 2.45) is 5.92 Å². The Balaban J connectivity index is 1.97. The zero-order valence-corrected chi connectivity index (χ0v) is 20.0. The third kappa shape index (κ3) is 5.23. The zero-order chi connectivity index (χ0) is 23.4. The Kier molecular flexibility index (Phi) is 7.77. The van der Waals surface area contributed by atoms with Crippen molar-refractivity contribution in [2.75, 3.05) is 17.3 Å². The Hall–Kier alpha value is -2.61. The van der Waals surface area contributed by atoms with Crippen LogP contribution in [0.2, 0.25) is 0 Å². The van der Waals surface area contributed by atoms with E-state index in [2.05, 4.69) is 35.1 Å². The molecule has 0 unspecified atom stereocenters. The molecule has 0 atom stereocenters. The van der Waals surface area contributed by atoms with Crippen LogP contribution in [-0.4, -0.2) is 30.3 Å². The van der Waals surface area contributed by atoms with Crippen molar-refractivity contribution in [3.63, 3.8) is 0 Å². The van der Waals surface area contributed by atoms with Gasteiger partial charge >= 0.3 is 12.0 Å². The first-order valence-electron chi connectivity index (χ1n) is 10.7. The third-order valence-electron chi connectivity index (χ3n) is 5.93. The van der Waals surface area contributed by atoms with Crippen molar-refractivity contribution in [3.8, 4) is 5.75 Å². The number of anilines is 2. The standard InChI is InChI=1S/C24H28BrFN2O4/c1-14(2)17-6-4-5-7-21(17)28(16-10-8-15(9-11-16)23(29)30)24(31)27-20-13-19(26)18(25)12-22(20)32-3/h4-7,12-16H,8-11H2,1-3H3,(H,27,31)(H,29,30)/t15-,16-. The van der Waals surface area contributed by atoms with E-state index in [4.69, 9.17) is 4.74 Å². The fraction of sp³-hybridized carbons (Fsp3) is 0.417. The number of rotatable bonds is 6. The number of urea groups is 1. The first-order chi connectivity index (χ1) is 15.2. The van der Waals surface area contributed by atoms with Gasteiger partial charge < -0.3 is 15.2 Å². The van der Waals surface area contributed by atoms with E-state index in [1.807, 2.05) is 24.3 Å². The summed E-state index contributed by atoms with van der Waals surface area (Å²) in [5.41, 5.74) is 2.01. The van der Waals surface area contributed by atoms with E-state index in [1.54, 1.807) is 4.90 Å². The second kappa shape index (κ2) is 10.3. The van der Waals surface area contributed by atoms with Gasteiger partial charge in [0.05, 0.1) is 23.2 Å². The van der Waals surface area contributed by atoms with Crippen molar-refractivity contribution >= 4 is 39.3 Å². The second-order valence-corrected chi connectivity index (χ2v) is 9.18. The van der Waals surface area contributed by atoms with Crippen molar-refractivity contribution in [3.05, 3.63) is 52.3 Å². The van der Waals surface area contributed by atoms with Gasteiger partial charge in [-0.25, -0.2) is 9.18 Å². The molecule has 8 heteroatoms. The number of nitrogens with one attached hydrogen (secondary N) is 1. The maximum Gasteiger partial charge on any atom is 0.326 e. The smallest absolute Gasteiger partial charge is 0.326 e. The summed E-state index contributed by atoms with van der Waals surface area (Å²) in [4.78, 5) is 26.7. The minimum atomic E-state index is -0.794. The summed E-state index contributed by atoms with van der Waals surface area (Å²) in [7, 11) is 1.45. The molecule has 0 radical (unpaired) electrons. The molecule has 1 fully saturated rings. The van der Waals surface area contributed by atoms with Crippen LogP contribution in [0.5, 0.6) is 5.75 Å². The monoisotopic (exact) mass is 506 g/mol. The van der Waals surface area contributed by atoms with Crippen LogP contribution in [0.4, 0.5) is 20.6 Å². The molecular weight excluding hydrogens is 479 g/mol. The maximum absolute atomic E-state index is 14.2. The van der Waals surface area contributed by atoms with Gasteiger partial charge in [0.15, 0.2) is 0 Å². The summed E-state index contributed by atoms with van der Waals surface area (Å²) in [6.07, 6.45) is 2.15. The van der Waals surface area contributed by atoms with Gasteiger partial charge in [0.1, 0.15) is 11.6 Å². The molecule has 0 aliphatic heterocycles. The highest BCUT2D eigenvalue weighted by Crippen LogP contribution is 2.36. The number of aliphatic carboxylic acids is 1. The number of hydrogen-bond acceptors (Lipinski definition) is 3. The van der Waals surface area contributed by atoms with Gasteiger partial charge in [0.2, 0.25) is 0 Å². The number of carboxylic acid groups (broad SMARTS) is 1. The van der Waals surface area contributed by atoms with Crippen LogP contribution in [-0.2, 0) is 4.79 Å². The van der Waals surface area contributed by atoms with E-state index in [1.165, 1.54) is 19.2 Å². The summed E-state index contributed by atoms with van der Waals surface area (Å²) in [5.74, 6) is -1.19. The Morgan fingerprint density at radius 2 is 1.84 bits per heavy atom. The molecule has 1 aliphatic rings. The van der Waals surface area contributed by atoms with E-state index in [-0.39, 0.29) is 22.1 Å². The lowest BCUT2D eigenvalue weighted by Gasteiger charge is -2.37. The number of methoxy groups -OCH3 is 1. The highest BCUT2D eigenvalue weighted by Gasteiger charge is 2.34. The number of amides is 2. The minimum absolute atomic E-state index is 0.170. The Labute approximate surface area is 195 Å². The molecule has 172 valence electrons. The van der Waals surface area contributed by atoms with Crippen LogP contribution in [0.1, 0.15) is 51.0 Å². The van der Waals surface area contributed by atoms with Crippen molar-refractivity contribution in [2.45, 2.75) is 51.5 Å². The molecule has 32 heavy (non-hydrogen) atoms. The first-order valence-corrected chi connectivity index (χ1v) is 11.5. The van der Waals surface area contributed by atoms with Crippen molar-refractivity contribution in [1.29, 1.82) is 0 Å². The molecule has 0 saturated heterocycles. The predicted molar refractivity (Wildman–Crippen MR) is 126 cm³/mol. The lowest BCUT2D eigenvalue weighted by Crippen LogP contribution is -2.46. The van der Waals surface area contributed by atoms with Gasteiger partial charge in [0, 0.05) is 17.8 Å². The van der Waals surface area contributed by atoms with E-state index in [9.17, 15) is 19.1 Å². The minimum Gasteiger partial charge on any atom is -0.495 e. The summed E-state index contributed by atoms with van der Waals surface area (Å²) < 4.78 is 19.7.